The Balaban J connectivity index is 0.946. The van der Waals surface area contributed by atoms with Gasteiger partial charge in [0.25, 0.3) is 5.91 Å². The standard InChI is InChI=1S/C50H53N2O5S3/c1-31-18-42-36(15-16-40-22-37-10-6-7-12-43(37)52(40)49(42)54)24-44(31)56-27-32-19-33(21-34(20-32)29-59-30-50(2,3)60-58-5)28-57-46-25-35-13-14-38-23-39-11-8-9-17-51(39)47(38)48(53)41(35)26-45(46)55-4/h6-12,17-21,24-26,38,40,47H,13-16,22-23,27-30H2,1-5H3/q+1/t38-,40-,47?/m1/s1. The van der Waals surface area contributed by atoms with Crippen LogP contribution in [0, 0.1) is 12.8 Å². The zero-order valence-electron chi connectivity index (χ0n) is 35.1. The number of aryl methyl sites for hydroxylation is 3. The highest BCUT2D eigenvalue weighted by molar-refractivity contribution is 8.77. The highest BCUT2D eigenvalue weighted by Gasteiger charge is 2.47. The van der Waals surface area contributed by atoms with E-state index in [2.05, 4.69) is 79.3 Å². The van der Waals surface area contributed by atoms with Crippen molar-refractivity contribution in [3.05, 3.63) is 147 Å². The number of pyridine rings is 1. The summed E-state index contributed by atoms with van der Waals surface area (Å²) in [6.45, 7) is 7.38. The monoisotopic (exact) mass is 857 g/mol. The molecule has 3 atom stereocenters. The van der Waals surface area contributed by atoms with Crippen molar-refractivity contribution in [3.8, 4) is 17.2 Å². The Hall–Kier alpha value is -4.38. The van der Waals surface area contributed by atoms with Crippen LogP contribution >= 0.6 is 33.3 Å². The van der Waals surface area contributed by atoms with Crippen LogP contribution in [0.4, 0.5) is 5.69 Å². The summed E-state index contributed by atoms with van der Waals surface area (Å²) in [5.74, 6) is 4.45. The normalized spacial score (nSPS) is 19.0. The lowest BCUT2D eigenvalue weighted by Gasteiger charge is -2.23. The fraction of sp³-hybridized carbons (Fsp3) is 0.380. The number of hydrogen-bond donors (Lipinski definition) is 0. The van der Waals surface area contributed by atoms with Crippen molar-refractivity contribution in [1.82, 2.24) is 0 Å². The number of hydrogen-bond acceptors (Lipinski definition) is 8. The summed E-state index contributed by atoms with van der Waals surface area (Å²) in [5.41, 5.74) is 11.4. The van der Waals surface area contributed by atoms with Gasteiger partial charge in [0.15, 0.2) is 23.4 Å². The molecule has 1 aliphatic carbocycles. The minimum absolute atomic E-state index is 0.0890. The van der Waals surface area contributed by atoms with Crippen molar-refractivity contribution in [2.45, 2.75) is 95.1 Å². The van der Waals surface area contributed by atoms with E-state index >= 15 is 0 Å². The Bertz CT molecular complexity index is 2470. The number of anilines is 1. The van der Waals surface area contributed by atoms with Gasteiger partial charge in [0.1, 0.15) is 19.0 Å². The summed E-state index contributed by atoms with van der Waals surface area (Å²) < 4.78 is 21.4. The molecule has 4 aromatic carbocycles. The highest BCUT2D eigenvalue weighted by atomic mass is 33.1. The number of Topliss-reactive ketones (excluding diaryl/α,β-unsaturated/α-hetero) is 1. The van der Waals surface area contributed by atoms with Gasteiger partial charge in [-0.2, -0.15) is 16.3 Å². The van der Waals surface area contributed by atoms with E-state index in [-0.39, 0.29) is 34.4 Å². The molecule has 4 aliphatic rings. The van der Waals surface area contributed by atoms with E-state index < -0.39 is 0 Å². The summed E-state index contributed by atoms with van der Waals surface area (Å²) >= 11 is 1.94. The summed E-state index contributed by atoms with van der Waals surface area (Å²) in [6.07, 6.45) is 9.53. The van der Waals surface area contributed by atoms with Gasteiger partial charge in [0.05, 0.1) is 7.11 Å². The highest BCUT2D eigenvalue weighted by Crippen LogP contribution is 2.42. The Morgan fingerprint density at radius 2 is 1.50 bits per heavy atom. The summed E-state index contributed by atoms with van der Waals surface area (Å²) in [5, 5.41) is 0. The third kappa shape index (κ3) is 8.19. The topological polar surface area (TPSA) is 69.0 Å². The molecule has 0 radical (unpaired) electrons. The maximum Gasteiger partial charge on any atom is 0.258 e. The van der Waals surface area contributed by atoms with Crippen LogP contribution in [0.15, 0.2) is 91.1 Å². The quantitative estimate of drug-likeness (QED) is 0.0857. The number of benzene rings is 4. The molecule has 5 aromatic rings. The van der Waals surface area contributed by atoms with Gasteiger partial charge in [-0.3, -0.25) is 9.59 Å². The fourth-order valence-electron chi connectivity index (χ4n) is 9.74. The maximum atomic E-state index is 14.1. The van der Waals surface area contributed by atoms with Crippen molar-refractivity contribution in [1.29, 1.82) is 0 Å². The number of fused-ring (bicyclic) bond motifs is 8. The number of carbonyl (C=O) groups excluding carboxylic acids is 2. The van der Waals surface area contributed by atoms with E-state index in [4.69, 9.17) is 14.2 Å². The Kier molecular flexibility index (Phi) is 11.7. The second-order valence-electron chi connectivity index (χ2n) is 17.3. The van der Waals surface area contributed by atoms with Crippen molar-refractivity contribution in [2.75, 3.05) is 24.0 Å². The average molecular weight is 858 g/mol. The zero-order chi connectivity index (χ0) is 41.5. The first-order valence-electron chi connectivity index (χ1n) is 21.0. The van der Waals surface area contributed by atoms with Crippen LogP contribution in [0.2, 0.25) is 0 Å². The van der Waals surface area contributed by atoms with E-state index in [9.17, 15) is 9.59 Å². The summed E-state index contributed by atoms with van der Waals surface area (Å²) in [4.78, 5) is 30.2. The molecule has 9 rings (SSSR count). The number of carbonyl (C=O) groups is 2. The van der Waals surface area contributed by atoms with Gasteiger partial charge >= 0.3 is 0 Å². The number of methoxy groups -OCH3 is 1. The molecule has 7 nitrogen and oxygen atoms in total. The van der Waals surface area contributed by atoms with Gasteiger partial charge in [-0.05, 0) is 134 Å². The van der Waals surface area contributed by atoms with Crippen LogP contribution in [0.1, 0.15) is 98.1 Å². The largest absolute Gasteiger partial charge is 0.493 e. The Morgan fingerprint density at radius 1 is 0.783 bits per heavy atom. The SMILES string of the molecule is COc1cc2c(cc1OCc1cc(COc3cc4c(cc3C)C(=O)N3c5ccccc5C[C@H]3CC4)cc(CSCC(C)(C)SSC)c1)CC[C@@H]1Cc3cccc[n+]3C1C2=O. The van der Waals surface area contributed by atoms with E-state index in [1.54, 1.807) is 7.11 Å². The number of nitrogens with zero attached hydrogens (tertiary/aromatic N) is 2. The smallest absolute Gasteiger partial charge is 0.258 e. The molecule has 0 fully saturated rings. The molecule has 60 heavy (non-hydrogen) atoms. The van der Waals surface area contributed by atoms with Gasteiger partial charge in [-0.1, -0.05) is 58.0 Å². The number of rotatable bonds is 13. The number of ether oxygens (including phenoxy) is 3. The minimum Gasteiger partial charge on any atom is -0.493 e. The summed E-state index contributed by atoms with van der Waals surface area (Å²) in [7, 11) is 5.37. The molecule has 0 saturated heterocycles. The van der Waals surface area contributed by atoms with Crippen LogP contribution < -0.4 is 23.7 Å². The number of ketones is 1. The van der Waals surface area contributed by atoms with Crippen molar-refractivity contribution >= 4 is 50.7 Å². The lowest BCUT2D eigenvalue weighted by atomic mass is 9.93. The third-order valence-electron chi connectivity index (χ3n) is 12.5. The third-order valence-corrected chi connectivity index (χ3v) is 16.8. The summed E-state index contributed by atoms with van der Waals surface area (Å²) in [6, 6.07) is 29.3. The second-order valence-corrected chi connectivity index (χ2v) is 21.4. The molecule has 0 bridgehead atoms. The van der Waals surface area contributed by atoms with Gasteiger partial charge < -0.3 is 19.1 Å². The molecule has 10 heteroatoms. The van der Waals surface area contributed by atoms with E-state index in [0.29, 0.717) is 24.7 Å². The first-order valence-corrected chi connectivity index (χ1v) is 24.8. The van der Waals surface area contributed by atoms with Crippen molar-refractivity contribution < 1.29 is 28.4 Å². The molecule has 0 N–H and O–H groups in total. The zero-order valence-corrected chi connectivity index (χ0v) is 37.6. The molecule has 3 aliphatic heterocycles. The Morgan fingerprint density at radius 3 is 2.30 bits per heavy atom. The van der Waals surface area contributed by atoms with Crippen LogP contribution in [-0.2, 0) is 44.6 Å². The molecule has 0 spiro atoms. The number of amides is 1. The maximum absolute atomic E-state index is 14.1. The molecular formula is C50H53N2O5S3+. The van der Waals surface area contributed by atoms with Crippen LogP contribution in [0.3, 0.4) is 0 Å². The van der Waals surface area contributed by atoms with Gasteiger partial charge in [-0.15, -0.1) is 0 Å². The fourth-order valence-corrected chi connectivity index (χ4v) is 13.4. The molecule has 0 saturated carbocycles. The van der Waals surface area contributed by atoms with Crippen molar-refractivity contribution in [2.24, 2.45) is 5.92 Å². The van der Waals surface area contributed by atoms with Crippen LogP contribution in [0.25, 0.3) is 0 Å². The first kappa shape index (κ1) is 41.0. The molecule has 310 valence electrons. The average Bonchev–Trinajstić information content (AvgIpc) is 3.73. The lowest BCUT2D eigenvalue weighted by molar-refractivity contribution is -0.705. The van der Waals surface area contributed by atoms with Crippen molar-refractivity contribution in [3.63, 3.8) is 0 Å². The second kappa shape index (κ2) is 17.2. The molecule has 1 unspecified atom stereocenters. The van der Waals surface area contributed by atoms with Crippen LogP contribution in [0.5, 0.6) is 17.2 Å². The molecule has 1 aromatic heterocycles. The predicted molar refractivity (Wildman–Crippen MR) is 245 cm³/mol. The molecule has 4 heterocycles. The Labute approximate surface area is 366 Å². The molecular weight excluding hydrogens is 805 g/mol. The van der Waals surface area contributed by atoms with E-state index in [1.165, 1.54) is 16.8 Å². The molecule has 1 amide bonds. The van der Waals surface area contributed by atoms with E-state index in [0.717, 1.165) is 100 Å². The number of para-hydroxylation sites is 1. The minimum atomic E-state index is -0.182. The number of thioether (sulfide) groups is 1. The van der Waals surface area contributed by atoms with Gasteiger partial charge in [0, 0.05) is 63.6 Å². The van der Waals surface area contributed by atoms with Crippen LogP contribution in [-0.4, -0.2) is 41.6 Å². The van der Waals surface area contributed by atoms with Gasteiger partial charge in [-0.25, -0.2) is 0 Å². The van der Waals surface area contributed by atoms with Gasteiger partial charge in [0.2, 0.25) is 11.8 Å². The first-order chi connectivity index (χ1) is 29.1. The number of aromatic nitrogens is 1. The van der Waals surface area contributed by atoms with E-state index in [1.807, 2.05) is 81.7 Å². The lowest BCUT2D eigenvalue weighted by Crippen LogP contribution is -2.43. The predicted octanol–water partition coefficient (Wildman–Crippen LogP) is 10.5.